The van der Waals surface area contributed by atoms with Crippen LogP contribution in [0.1, 0.15) is 30.4 Å². The molecule has 0 unspecified atom stereocenters. The van der Waals surface area contributed by atoms with Gasteiger partial charge in [0.25, 0.3) is 0 Å². The number of fused-ring (bicyclic) bond motifs is 1. The monoisotopic (exact) mass is 383 g/mol. The van der Waals surface area contributed by atoms with Crippen LogP contribution in [0.3, 0.4) is 0 Å². The van der Waals surface area contributed by atoms with Gasteiger partial charge in [-0.3, -0.25) is 10.4 Å². The number of benzene rings is 2. The molecule has 29 heavy (non-hydrogen) atoms. The van der Waals surface area contributed by atoms with Crippen LogP contribution >= 0.6 is 0 Å². The van der Waals surface area contributed by atoms with Gasteiger partial charge in [0.05, 0.1) is 5.52 Å². The number of allylic oxidation sites excluding steroid dienone is 1. The molecule has 5 nitrogen and oxygen atoms in total. The number of piperidine rings is 1. The number of aromatic nitrogens is 1. The Hall–Kier alpha value is -3.47. The van der Waals surface area contributed by atoms with Gasteiger partial charge in [-0.25, -0.2) is 0 Å². The van der Waals surface area contributed by atoms with Gasteiger partial charge in [-0.05, 0) is 54.2 Å². The maximum atomic E-state index is 8.76. The maximum Gasteiger partial charge on any atom is 0.128 e. The average molecular weight is 383 g/mol. The van der Waals surface area contributed by atoms with E-state index in [2.05, 4.69) is 22.0 Å². The zero-order valence-corrected chi connectivity index (χ0v) is 16.4. The summed E-state index contributed by atoms with van der Waals surface area (Å²) in [5.74, 6) is 0.591. The van der Waals surface area contributed by atoms with Crippen molar-refractivity contribution in [2.75, 3.05) is 13.1 Å². The molecule has 0 amide bonds. The highest BCUT2D eigenvalue weighted by Gasteiger charge is 2.17. The Morgan fingerprint density at radius 1 is 0.966 bits per heavy atom. The van der Waals surface area contributed by atoms with Gasteiger partial charge in [0.2, 0.25) is 0 Å². The number of nitrogens with one attached hydrogen (secondary N) is 2. The molecule has 146 valence electrons. The van der Waals surface area contributed by atoms with Crippen molar-refractivity contribution >= 4 is 28.5 Å². The first-order valence-electron chi connectivity index (χ1n) is 9.97. The molecule has 0 spiro atoms. The second kappa shape index (κ2) is 8.27. The third kappa shape index (κ3) is 3.76. The van der Waals surface area contributed by atoms with Crippen molar-refractivity contribution in [1.29, 1.82) is 10.8 Å². The first-order valence-corrected chi connectivity index (χ1v) is 9.97. The van der Waals surface area contributed by atoms with Crippen LogP contribution in [0.15, 0.2) is 60.9 Å². The molecule has 1 aliphatic rings. The van der Waals surface area contributed by atoms with Crippen LogP contribution in [0.2, 0.25) is 0 Å². The smallest absolute Gasteiger partial charge is 0.128 e. The van der Waals surface area contributed by atoms with Crippen LogP contribution in [-0.2, 0) is 0 Å². The van der Waals surface area contributed by atoms with Gasteiger partial charge in [-0.1, -0.05) is 30.3 Å². The molecule has 1 aliphatic heterocycles. The number of nitrogens with zero attached hydrogens (tertiary/aromatic N) is 2. The highest BCUT2D eigenvalue weighted by atomic mass is 15.2. The molecule has 5 heteroatoms. The van der Waals surface area contributed by atoms with Crippen molar-refractivity contribution < 1.29 is 0 Å². The molecule has 2 heterocycles. The summed E-state index contributed by atoms with van der Waals surface area (Å²) in [5.41, 5.74) is 11.2. The Balaban J connectivity index is 1.72. The zero-order valence-electron chi connectivity index (χ0n) is 16.4. The van der Waals surface area contributed by atoms with E-state index in [0.717, 1.165) is 59.1 Å². The highest BCUT2D eigenvalue weighted by molar-refractivity contribution is 6.09. The van der Waals surface area contributed by atoms with Gasteiger partial charge in [-0.15, -0.1) is 0 Å². The predicted molar refractivity (Wildman–Crippen MR) is 120 cm³/mol. The molecule has 4 N–H and O–H groups in total. The van der Waals surface area contributed by atoms with Gasteiger partial charge in [0.1, 0.15) is 5.84 Å². The van der Waals surface area contributed by atoms with Gasteiger partial charge < -0.3 is 16.0 Å². The van der Waals surface area contributed by atoms with E-state index >= 15 is 0 Å². The first kappa shape index (κ1) is 18.9. The minimum atomic E-state index is 0.591. The van der Waals surface area contributed by atoms with E-state index in [1.807, 2.05) is 36.4 Å². The molecule has 0 aliphatic carbocycles. The SMILES string of the molecule is N=CC(=CN)c1ccc(-c2ccc3nccc(C(=N)N4CCCCC4)c3c2)cc1. The second-order valence-corrected chi connectivity index (χ2v) is 7.33. The van der Waals surface area contributed by atoms with Gasteiger partial charge in [0.15, 0.2) is 0 Å². The Kier molecular flexibility index (Phi) is 5.38. The van der Waals surface area contributed by atoms with Crippen LogP contribution < -0.4 is 5.73 Å². The summed E-state index contributed by atoms with van der Waals surface area (Å²) in [4.78, 5) is 6.68. The zero-order chi connectivity index (χ0) is 20.2. The molecule has 1 saturated heterocycles. The average Bonchev–Trinajstić information content (AvgIpc) is 2.80. The van der Waals surface area contributed by atoms with E-state index in [0.29, 0.717) is 11.4 Å². The lowest BCUT2D eigenvalue weighted by Gasteiger charge is -2.29. The molecular formula is C24H25N5. The molecule has 3 aromatic rings. The van der Waals surface area contributed by atoms with Crippen LogP contribution in [0.25, 0.3) is 27.6 Å². The first-order chi connectivity index (χ1) is 14.2. The Morgan fingerprint density at radius 2 is 1.69 bits per heavy atom. The number of nitrogens with two attached hydrogens (primary N) is 1. The minimum Gasteiger partial charge on any atom is -0.404 e. The Morgan fingerprint density at radius 3 is 2.38 bits per heavy atom. The minimum absolute atomic E-state index is 0.591. The highest BCUT2D eigenvalue weighted by Crippen LogP contribution is 2.28. The number of hydrogen-bond acceptors (Lipinski definition) is 4. The summed E-state index contributed by atoms with van der Waals surface area (Å²) in [6.45, 7) is 1.90. The predicted octanol–water partition coefficient (Wildman–Crippen LogP) is 4.66. The fourth-order valence-corrected chi connectivity index (χ4v) is 3.90. The van der Waals surface area contributed by atoms with E-state index < -0.39 is 0 Å². The van der Waals surface area contributed by atoms with Crippen molar-refractivity contribution in [1.82, 2.24) is 9.88 Å². The van der Waals surface area contributed by atoms with Gasteiger partial charge in [0, 0.05) is 48.2 Å². The van der Waals surface area contributed by atoms with Crippen molar-refractivity contribution in [2.24, 2.45) is 5.73 Å². The Bertz CT molecular complexity index is 1080. The number of amidine groups is 1. The van der Waals surface area contributed by atoms with E-state index in [9.17, 15) is 0 Å². The summed E-state index contributed by atoms with van der Waals surface area (Å²) in [5, 5.41) is 17.2. The van der Waals surface area contributed by atoms with Crippen molar-refractivity contribution in [3.63, 3.8) is 0 Å². The van der Waals surface area contributed by atoms with Crippen LogP contribution in [0.4, 0.5) is 0 Å². The summed E-state index contributed by atoms with van der Waals surface area (Å²) in [6, 6.07) is 16.2. The normalized spacial score (nSPS) is 14.8. The summed E-state index contributed by atoms with van der Waals surface area (Å²) in [7, 11) is 0. The van der Waals surface area contributed by atoms with E-state index in [4.69, 9.17) is 16.6 Å². The largest absolute Gasteiger partial charge is 0.404 e. The molecule has 0 atom stereocenters. The van der Waals surface area contributed by atoms with Crippen LogP contribution in [-0.4, -0.2) is 35.0 Å². The number of pyridine rings is 1. The molecule has 0 saturated carbocycles. The van der Waals surface area contributed by atoms with Gasteiger partial charge >= 0.3 is 0 Å². The van der Waals surface area contributed by atoms with Gasteiger partial charge in [-0.2, -0.15) is 0 Å². The third-order valence-corrected chi connectivity index (χ3v) is 5.56. The third-order valence-electron chi connectivity index (χ3n) is 5.56. The molecule has 2 aromatic carbocycles. The topological polar surface area (TPSA) is 89.9 Å². The molecule has 4 rings (SSSR count). The van der Waals surface area contributed by atoms with E-state index in [-0.39, 0.29) is 0 Å². The molecule has 1 fully saturated rings. The van der Waals surface area contributed by atoms with E-state index in [1.54, 1.807) is 6.20 Å². The number of hydrogen-bond donors (Lipinski definition) is 3. The van der Waals surface area contributed by atoms with E-state index in [1.165, 1.54) is 18.8 Å². The summed E-state index contributed by atoms with van der Waals surface area (Å²) >= 11 is 0. The lowest BCUT2D eigenvalue weighted by atomic mass is 9.98. The lowest BCUT2D eigenvalue weighted by molar-refractivity contribution is 0.341. The molecule has 0 radical (unpaired) electrons. The standard InChI is InChI=1S/C24H25N5/c25-15-20(16-26)18-6-4-17(5-7-18)19-8-9-23-22(14-19)21(10-11-28-23)24(27)29-12-2-1-3-13-29/h4-11,14-16,25,27H,1-3,12-13,26H2. The number of rotatable bonds is 4. The van der Waals surface area contributed by atoms with Crippen molar-refractivity contribution in [3.8, 4) is 11.1 Å². The molecule has 1 aromatic heterocycles. The fraction of sp³-hybridized carbons (Fsp3) is 0.208. The Labute approximate surface area is 170 Å². The van der Waals surface area contributed by atoms with Crippen molar-refractivity contribution in [3.05, 3.63) is 72.1 Å². The molecule has 0 bridgehead atoms. The van der Waals surface area contributed by atoms with Crippen LogP contribution in [0.5, 0.6) is 0 Å². The second-order valence-electron chi connectivity index (χ2n) is 7.33. The lowest BCUT2D eigenvalue weighted by Crippen LogP contribution is -2.35. The number of likely N-dealkylation sites (tertiary alicyclic amines) is 1. The fourth-order valence-electron chi connectivity index (χ4n) is 3.90. The maximum absolute atomic E-state index is 8.76. The van der Waals surface area contributed by atoms with Crippen LogP contribution in [0, 0.1) is 10.8 Å². The van der Waals surface area contributed by atoms with Crippen molar-refractivity contribution in [2.45, 2.75) is 19.3 Å². The molecular weight excluding hydrogens is 358 g/mol. The summed E-state index contributed by atoms with van der Waals surface area (Å²) < 4.78 is 0. The quantitative estimate of drug-likeness (QED) is 0.452. The summed E-state index contributed by atoms with van der Waals surface area (Å²) in [6.07, 6.45) is 8.05.